The summed E-state index contributed by atoms with van der Waals surface area (Å²) in [5.74, 6) is 0. The van der Waals surface area contributed by atoms with Crippen LogP contribution >= 0.6 is 0 Å². The molecule has 2 heterocycles. The summed E-state index contributed by atoms with van der Waals surface area (Å²) in [5.41, 5.74) is 17.4. The first-order valence-corrected chi connectivity index (χ1v) is 22.0. The highest BCUT2D eigenvalue weighted by Crippen LogP contribution is 2.57. The Morgan fingerprint density at radius 2 is 0.969 bits per heavy atom. The Labute approximate surface area is 371 Å². The molecule has 2 aromatic heterocycles. The summed E-state index contributed by atoms with van der Waals surface area (Å²) >= 11 is 0. The Hall–Kier alpha value is -8.40. The number of nitrogens with zero attached hydrogens (tertiary/aromatic N) is 2. The molecule has 12 aromatic rings. The normalized spacial score (nSPS) is 12.8. The molecule has 0 fully saturated rings. The maximum Gasteiger partial charge on any atom is 0.161 e. The molecule has 0 unspecified atom stereocenters. The van der Waals surface area contributed by atoms with E-state index in [0.29, 0.717) is 0 Å². The van der Waals surface area contributed by atoms with Crippen LogP contribution in [0, 0.1) is 0 Å². The van der Waals surface area contributed by atoms with Gasteiger partial charge in [0.05, 0.1) is 16.6 Å². The van der Waals surface area contributed by atoms with Crippen molar-refractivity contribution in [3.63, 3.8) is 0 Å². The quantitative estimate of drug-likeness (QED) is 0.160. The Morgan fingerprint density at radius 1 is 0.391 bits per heavy atom. The van der Waals surface area contributed by atoms with Gasteiger partial charge in [0.2, 0.25) is 0 Å². The fourth-order valence-electron chi connectivity index (χ4n) is 10.8. The standard InChI is InChI=1S/C61H40N2O/c1-4-20-43(21-5-1)61(44-22-6-2-7-23-44)54-31-14-12-27-50(54)51-39-38-47(40-55(51)61)62(46-36-34-42(35-37-46)49-29-16-19-41-18-10-11-26-48(41)49)57-33-17-30-53-58-60(64-59(53)57)52-28-13-15-32-56(52)63(58)45-24-8-3-9-25-45/h1-40H. The smallest absolute Gasteiger partial charge is 0.161 e. The molecule has 1 aliphatic rings. The second-order valence-electron chi connectivity index (χ2n) is 16.8. The molecule has 3 heteroatoms. The predicted octanol–water partition coefficient (Wildman–Crippen LogP) is 16.2. The lowest BCUT2D eigenvalue weighted by Gasteiger charge is -2.35. The van der Waals surface area contributed by atoms with Crippen LogP contribution in [0.25, 0.3) is 71.7 Å². The lowest BCUT2D eigenvalue weighted by atomic mass is 9.67. The van der Waals surface area contributed by atoms with Gasteiger partial charge in [-0.05, 0) is 116 Å². The van der Waals surface area contributed by atoms with Crippen molar-refractivity contribution in [2.45, 2.75) is 5.41 Å². The minimum Gasteiger partial charge on any atom is -0.451 e. The van der Waals surface area contributed by atoms with Crippen LogP contribution in [0.2, 0.25) is 0 Å². The van der Waals surface area contributed by atoms with Crippen LogP contribution in [0.1, 0.15) is 22.3 Å². The zero-order chi connectivity index (χ0) is 42.2. The van der Waals surface area contributed by atoms with Crippen LogP contribution in [0.15, 0.2) is 247 Å². The number of rotatable bonds is 7. The summed E-state index contributed by atoms with van der Waals surface area (Å²) in [6.07, 6.45) is 0. The van der Waals surface area contributed by atoms with Gasteiger partial charge < -0.3 is 13.9 Å². The molecule has 0 aliphatic heterocycles. The highest BCUT2D eigenvalue weighted by atomic mass is 16.3. The zero-order valence-corrected chi connectivity index (χ0v) is 34.9. The molecule has 0 atom stereocenters. The Kier molecular flexibility index (Phi) is 8.13. The molecule has 0 amide bonds. The summed E-state index contributed by atoms with van der Waals surface area (Å²) in [5, 5.41) is 4.61. The molecular weight excluding hydrogens is 777 g/mol. The molecule has 300 valence electrons. The third-order valence-electron chi connectivity index (χ3n) is 13.5. The molecule has 3 nitrogen and oxygen atoms in total. The summed E-state index contributed by atoms with van der Waals surface area (Å²) in [7, 11) is 0. The highest BCUT2D eigenvalue weighted by Gasteiger charge is 2.46. The van der Waals surface area contributed by atoms with E-state index in [4.69, 9.17) is 4.42 Å². The summed E-state index contributed by atoms with van der Waals surface area (Å²) in [6.45, 7) is 0. The van der Waals surface area contributed by atoms with Gasteiger partial charge in [0.15, 0.2) is 11.2 Å². The SMILES string of the molecule is c1ccc(-n2c3ccccc3c3oc4c(N(c5ccc(-c6cccc7ccccc67)cc5)c5ccc6c(c5)C(c5ccccc5)(c5ccccc5)c5ccccc5-6)cccc4c32)cc1. The van der Waals surface area contributed by atoms with Crippen LogP contribution in [0.4, 0.5) is 17.1 Å². The van der Waals surface area contributed by atoms with Crippen molar-refractivity contribution >= 4 is 60.8 Å². The van der Waals surface area contributed by atoms with Crippen molar-refractivity contribution in [3.05, 3.63) is 265 Å². The van der Waals surface area contributed by atoms with Crippen molar-refractivity contribution in [2.24, 2.45) is 0 Å². The number of hydrogen-bond donors (Lipinski definition) is 0. The fourth-order valence-corrected chi connectivity index (χ4v) is 10.8. The van der Waals surface area contributed by atoms with E-state index in [1.54, 1.807) is 0 Å². The topological polar surface area (TPSA) is 21.3 Å². The van der Waals surface area contributed by atoms with Crippen LogP contribution in [0.3, 0.4) is 0 Å². The van der Waals surface area contributed by atoms with Gasteiger partial charge in [0.25, 0.3) is 0 Å². The summed E-state index contributed by atoms with van der Waals surface area (Å²) in [4.78, 5) is 2.40. The maximum atomic E-state index is 7.22. The average Bonchev–Trinajstić information content (AvgIpc) is 4.01. The van der Waals surface area contributed by atoms with Crippen LogP contribution in [-0.4, -0.2) is 4.57 Å². The minimum atomic E-state index is -0.549. The number of furan rings is 1. The van der Waals surface area contributed by atoms with Gasteiger partial charge in [0, 0.05) is 27.8 Å². The van der Waals surface area contributed by atoms with Crippen molar-refractivity contribution in [1.82, 2.24) is 4.57 Å². The third kappa shape index (κ3) is 5.28. The largest absolute Gasteiger partial charge is 0.451 e. The van der Waals surface area contributed by atoms with Crippen molar-refractivity contribution in [1.29, 1.82) is 0 Å². The molecule has 13 rings (SSSR count). The number of hydrogen-bond acceptors (Lipinski definition) is 2. The first-order chi connectivity index (χ1) is 31.8. The first-order valence-electron chi connectivity index (χ1n) is 22.0. The number of anilines is 3. The molecular formula is C61H40N2O. The highest BCUT2D eigenvalue weighted by molar-refractivity contribution is 6.19. The van der Waals surface area contributed by atoms with Gasteiger partial charge in [-0.1, -0.05) is 182 Å². The lowest BCUT2D eigenvalue weighted by Crippen LogP contribution is -2.28. The van der Waals surface area contributed by atoms with Crippen molar-refractivity contribution in [3.8, 4) is 27.9 Å². The fraction of sp³-hybridized carbons (Fsp3) is 0.0164. The van der Waals surface area contributed by atoms with E-state index in [9.17, 15) is 0 Å². The second kappa shape index (κ2) is 14.3. The molecule has 64 heavy (non-hydrogen) atoms. The molecule has 0 bridgehead atoms. The molecule has 10 aromatic carbocycles. The van der Waals surface area contributed by atoms with Gasteiger partial charge in [-0.15, -0.1) is 0 Å². The zero-order valence-electron chi connectivity index (χ0n) is 34.9. The minimum absolute atomic E-state index is 0.549. The van der Waals surface area contributed by atoms with E-state index >= 15 is 0 Å². The first kappa shape index (κ1) is 36.3. The van der Waals surface area contributed by atoms with Gasteiger partial charge in [0.1, 0.15) is 5.52 Å². The molecule has 0 radical (unpaired) electrons. The van der Waals surface area contributed by atoms with E-state index in [-0.39, 0.29) is 0 Å². The van der Waals surface area contributed by atoms with Crippen LogP contribution in [-0.2, 0) is 5.41 Å². The van der Waals surface area contributed by atoms with Crippen molar-refractivity contribution in [2.75, 3.05) is 4.90 Å². The third-order valence-corrected chi connectivity index (χ3v) is 13.5. The van der Waals surface area contributed by atoms with Gasteiger partial charge in [-0.2, -0.15) is 0 Å². The molecule has 0 saturated carbocycles. The predicted molar refractivity (Wildman–Crippen MR) is 265 cm³/mol. The summed E-state index contributed by atoms with van der Waals surface area (Å²) in [6, 6.07) is 88.1. The second-order valence-corrected chi connectivity index (χ2v) is 16.8. The van der Waals surface area contributed by atoms with Crippen LogP contribution < -0.4 is 4.90 Å². The number of benzene rings is 10. The van der Waals surface area contributed by atoms with Crippen LogP contribution in [0.5, 0.6) is 0 Å². The number of fused-ring (bicyclic) bond motifs is 9. The molecule has 0 N–H and O–H groups in total. The van der Waals surface area contributed by atoms with E-state index in [1.165, 1.54) is 55.3 Å². The van der Waals surface area contributed by atoms with Crippen molar-refractivity contribution < 1.29 is 4.42 Å². The molecule has 0 saturated heterocycles. The van der Waals surface area contributed by atoms with Gasteiger partial charge in [-0.25, -0.2) is 0 Å². The number of aromatic nitrogens is 1. The van der Waals surface area contributed by atoms with E-state index in [2.05, 4.69) is 252 Å². The Morgan fingerprint density at radius 3 is 1.75 bits per heavy atom. The molecule has 1 aliphatic carbocycles. The molecule has 0 spiro atoms. The van der Waals surface area contributed by atoms with Gasteiger partial charge in [-0.3, -0.25) is 0 Å². The van der Waals surface area contributed by atoms with E-state index in [1.807, 2.05) is 0 Å². The summed E-state index contributed by atoms with van der Waals surface area (Å²) < 4.78 is 9.58. The Balaban J connectivity index is 1.08. The van der Waals surface area contributed by atoms with Gasteiger partial charge >= 0.3 is 0 Å². The lowest BCUT2D eigenvalue weighted by molar-refractivity contribution is 0.673. The number of para-hydroxylation sites is 3. The van der Waals surface area contributed by atoms with E-state index in [0.717, 1.165) is 55.7 Å². The van der Waals surface area contributed by atoms with E-state index < -0.39 is 5.41 Å². The average molecular weight is 817 g/mol. The monoisotopic (exact) mass is 816 g/mol. The maximum absolute atomic E-state index is 7.22. The Bertz CT molecular complexity index is 3670.